The molecule has 21 heavy (non-hydrogen) atoms. The zero-order valence-electron chi connectivity index (χ0n) is 12.8. The molecule has 0 aliphatic carbocycles. The fraction of sp³-hybridized carbons (Fsp3) is 0.786. The first-order valence-corrected chi connectivity index (χ1v) is 10.2. The summed E-state index contributed by atoms with van der Waals surface area (Å²) in [6, 6.07) is 0. The van der Waals surface area contributed by atoms with Gasteiger partial charge in [0.15, 0.2) is 5.13 Å². The fourth-order valence-corrected chi connectivity index (χ4v) is 4.52. The van der Waals surface area contributed by atoms with Gasteiger partial charge < -0.3 is 4.90 Å². The summed E-state index contributed by atoms with van der Waals surface area (Å²) in [5, 5.41) is 3.11. The predicted molar refractivity (Wildman–Crippen MR) is 88.5 cm³/mol. The Bertz CT molecular complexity index is 534. The quantitative estimate of drug-likeness (QED) is 0.793. The van der Waals surface area contributed by atoms with Crippen LogP contribution < -0.4 is 9.62 Å². The van der Waals surface area contributed by atoms with E-state index >= 15 is 0 Å². The van der Waals surface area contributed by atoms with Gasteiger partial charge in [-0.25, -0.2) is 18.1 Å². The number of sulfonamides is 1. The van der Waals surface area contributed by atoms with Gasteiger partial charge in [-0.05, 0) is 25.2 Å². The number of hydrogen-bond acceptors (Lipinski definition) is 5. The average Bonchev–Trinajstić information content (AvgIpc) is 3.06. The van der Waals surface area contributed by atoms with Gasteiger partial charge in [-0.2, -0.15) is 0 Å². The van der Waals surface area contributed by atoms with Crippen LogP contribution in [0.5, 0.6) is 0 Å². The minimum absolute atomic E-state index is 0.209. The second kappa shape index (κ2) is 7.56. The lowest BCUT2D eigenvalue weighted by atomic mass is 10.2. The molecule has 0 spiro atoms. The molecule has 1 N–H and O–H groups in total. The molecule has 0 amide bonds. The molecule has 120 valence electrons. The van der Waals surface area contributed by atoms with Gasteiger partial charge in [0.1, 0.15) is 0 Å². The van der Waals surface area contributed by atoms with Crippen molar-refractivity contribution in [2.24, 2.45) is 5.92 Å². The van der Waals surface area contributed by atoms with Crippen molar-refractivity contribution in [2.75, 3.05) is 30.3 Å². The molecular formula is C14H25N3O2S2. The Hall–Kier alpha value is -0.660. The highest BCUT2D eigenvalue weighted by molar-refractivity contribution is 7.89. The summed E-state index contributed by atoms with van der Waals surface area (Å²) < 4.78 is 26.3. The molecule has 1 aromatic heterocycles. The third-order valence-electron chi connectivity index (χ3n) is 3.58. The van der Waals surface area contributed by atoms with E-state index in [4.69, 9.17) is 0 Å². The Labute approximate surface area is 131 Å². The van der Waals surface area contributed by atoms with Gasteiger partial charge in [-0.1, -0.05) is 13.8 Å². The van der Waals surface area contributed by atoms with E-state index in [1.165, 1.54) is 12.8 Å². The number of anilines is 1. The highest BCUT2D eigenvalue weighted by Crippen LogP contribution is 2.24. The maximum absolute atomic E-state index is 11.8. The molecule has 7 heteroatoms. The molecule has 1 fully saturated rings. The van der Waals surface area contributed by atoms with E-state index < -0.39 is 10.0 Å². The zero-order chi connectivity index (χ0) is 15.3. The van der Waals surface area contributed by atoms with Gasteiger partial charge in [-0.3, -0.25) is 0 Å². The fourth-order valence-electron chi connectivity index (χ4n) is 2.26. The number of thiazole rings is 1. The third-order valence-corrected chi connectivity index (χ3v) is 5.95. The lowest BCUT2D eigenvalue weighted by Crippen LogP contribution is -2.29. The monoisotopic (exact) mass is 331 g/mol. The second-order valence-electron chi connectivity index (χ2n) is 5.96. The minimum atomic E-state index is -3.14. The van der Waals surface area contributed by atoms with Gasteiger partial charge >= 0.3 is 0 Å². The third kappa shape index (κ3) is 5.56. The standard InChI is InChI=1S/C14H25N3O2S2/c1-12(2)6-10-21(18,19)15-7-5-13-11-20-14(16-13)17-8-3-4-9-17/h11-12,15H,3-10H2,1-2H3. The number of rotatable bonds is 8. The van der Waals surface area contributed by atoms with Crippen LogP contribution >= 0.6 is 11.3 Å². The van der Waals surface area contributed by atoms with Crippen LogP contribution in [0, 0.1) is 5.92 Å². The smallest absolute Gasteiger partial charge is 0.211 e. The normalized spacial score (nSPS) is 16.0. The molecule has 1 aromatic rings. The van der Waals surface area contributed by atoms with E-state index in [2.05, 4.69) is 14.6 Å². The Kier molecular flexibility index (Phi) is 6.01. The summed E-state index contributed by atoms with van der Waals surface area (Å²) in [6.45, 7) is 6.68. The van der Waals surface area contributed by atoms with Crippen molar-refractivity contribution in [2.45, 2.75) is 39.5 Å². The molecule has 5 nitrogen and oxygen atoms in total. The van der Waals surface area contributed by atoms with Crippen LogP contribution in [0.2, 0.25) is 0 Å². The molecule has 1 saturated heterocycles. The predicted octanol–water partition coefficient (Wildman–Crippen LogP) is 2.25. The zero-order valence-corrected chi connectivity index (χ0v) is 14.5. The van der Waals surface area contributed by atoms with Gasteiger partial charge in [0, 0.05) is 31.4 Å². The van der Waals surface area contributed by atoms with Crippen molar-refractivity contribution in [3.63, 3.8) is 0 Å². The highest BCUT2D eigenvalue weighted by atomic mass is 32.2. The van der Waals surface area contributed by atoms with Crippen molar-refractivity contribution in [3.05, 3.63) is 11.1 Å². The van der Waals surface area contributed by atoms with Crippen LogP contribution in [0.25, 0.3) is 0 Å². The first-order chi connectivity index (χ1) is 9.96. The topological polar surface area (TPSA) is 62.3 Å². The number of hydrogen-bond donors (Lipinski definition) is 1. The van der Waals surface area contributed by atoms with Crippen molar-refractivity contribution in [1.82, 2.24) is 9.71 Å². The van der Waals surface area contributed by atoms with E-state index in [0.717, 1.165) is 23.9 Å². The Morgan fingerprint density at radius 3 is 2.76 bits per heavy atom. The van der Waals surface area contributed by atoms with E-state index in [1.807, 2.05) is 19.2 Å². The summed E-state index contributed by atoms with van der Waals surface area (Å²) in [7, 11) is -3.14. The molecule has 1 aliphatic rings. The van der Waals surface area contributed by atoms with Gasteiger partial charge in [0.25, 0.3) is 0 Å². The Balaban J connectivity index is 1.75. The summed E-state index contributed by atoms with van der Waals surface area (Å²) in [5.74, 6) is 0.615. The maximum Gasteiger partial charge on any atom is 0.211 e. The summed E-state index contributed by atoms with van der Waals surface area (Å²) in [5.41, 5.74) is 0.980. The van der Waals surface area contributed by atoms with Crippen molar-refractivity contribution < 1.29 is 8.42 Å². The van der Waals surface area contributed by atoms with E-state index in [1.54, 1.807) is 11.3 Å². The largest absolute Gasteiger partial charge is 0.348 e. The summed E-state index contributed by atoms with van der Waals surface area (Å²) in [6.07, 6.45) is 3.84. The first-order valence-electron chi connectivity index (χ1n) is 7.63. The van der Waals surface area contributed by atoms with Crippen molar-refractivity contribution >= 4 is 26.5 Å². The highest BCUT2D eigenvalue weighted by Gasteiger charge is 2.16. The molecule has 0 radical (unpaired) electrons. The Morgan fingerprint density at radius 1 is 1.38 bits per heavy atom. The van der Waals surface area contributed by atoms with Crippen molar-refractivity contribution in [3.8, 4) is 0 Å². The Morgan fingerprint density at radius 2 is 2.10 bits per heavy atom. The molecule has 0 saturated carbocycles. The molecule has 0 atom stereocenters. The van der Waals surface area contributed by atoms with Crippen molar-refractivity contribution in [1.29, 1.82) is 0 Å². The van der Waals surface area contributed by atoms with E-state index in [0.29, 0.717) is 25.3 Å². The summed E-state index contributed by atoms with van der Waals surface area (Å²) in [4.78, 5) is 6.90. The molecule has 0 aromatic carbocycles. The van der Waals surface area contributed by atoms with Gasteiger partial charge in [0.05, 0.1) is 11.4 Å². The maximum atomic E-state index is 11.8. The minimum Gasteiger partial charge on any atom is -0.348 e. The average molecular weight is 332 g/mol. The van der Waals surface area contributed by atoms with Crippen LogP contribution in [-0.4, -0.2) is 38.8 Å². The molecule has 2 heterocycles. The number of nitrogens with zero attached hydrogens (tertiary/aromatic N) is 2. The molecule has 1 aliphatic heterocycles. The number of nitrogens with one attached hydrogen (secondary N) is 1. The van der Waals surface area contributed by atoms with Crippen LogP contribution in [-0.2, 0) is 16.4 Å². The van der Waals surface area contributed by atoms with Crippen LogP contribution in [0.4, 0.5) is 5.13 Å². The SMILES string of the molecule is CC(C)CCS(=O)(=O)NCCc1csc(N2CCCC2)n1. The van der Waals surface area contributed by atoms with Crippen LogP contribution in [0.3, 0.4) is 0 Å². The van der Waals surface area contributed by atoms with Crippen LogP contribution in [0.1, 0.15) is 38.8 Å². The molecule has 2 rings (SSSR count). The lowest BCUT2D eigenvalue weighted by Gasteiger charge is -2.12. The first kappa shape index (κ1) is 16.7. The van der Waals surface area contributed by atoms with Crippen LogP contribution in [0.15, 0.2) is 5.38 Å². The van der Waals surface area contributed by atoms with E-state index in [-0.39, 0.29) is 5.75 Å². The van der Waals surface area contributed by atoms with Gasteiger partial charge in [0.2, 0.25) is 10.0 Å². The lowest BCUT2D eigenvalue weighted by molar-refractivity contribution is 0.561. The number of aromatic nitrogens is 1. The molecule has 0 bridgehead atoms. The molecular weight excluding hydrogens is 306 g/mol. The van der Waals surface area contributed by atoms with E-state index in [9.17, 15) is 8.42 Å². The second-order valence-corrected chi connectivity index (χ2v) is 8.72. The van der Waals surface area contributed by atoms with Gasteiger partial charge in [-0.15, -0.1) is 11.3 Å². The molecule has 0 unspecified atom stereocenters. The summed E-state index contributed by atoms with van der Waals surface area (Å²) >= 11 is 1.66.